The highest BCUT2D eigenvalue weighted by Gasteiger charge is 2.50. The van der Waals surface area contributed by atoms with Gasteiger partial charge in [0.05, 0.1) is 12.1 Å². The zero-order valence-corrected chi connectivity index (χ0v) is 19.4. The normalized spacial score (nSPS) is 21.1. The van der Waals surface area contributed by atoms with Gasteiger partial charge in [-0.3, -0.25) is 9.80 Å². The van der Waals surface area contributed by atoms with Crippen molar-refractivity contribution in [3.8, 4) is 0 Å². The van der Waals surface area contributed by atoms with E-state index in [-0.39, 0.29) is 17.6 Å². The van der Waals surface area contributed by atoms with E-state index in [9.17, 15) is 9.59 Å². The zero-order chi connectivity index (χ0) is 22.8. The first-order valence-corrected chi connectivity index (χ1v) is 11.6. The zero-order valence-electron chi connectivity index (χ0n) is 19.4. The number of nitrogens with zero attached hydrogens (tertiary/aromatic N) is 2. The highest BCUT2D eigenvalue weighted by molar-refractivity contribution is 5.74. The summed E-state index contributed by atoms with van der Waals surface area (Å²) < 4.78 is 5.65. The van der Waals surface area contributed by atoms with E-state index in [1.54, 1.807) is 4.90 Å². The molecule has 170 valence electrons. The maximum atomic E-state index is 13.0. The molecular weight excluding hydrogens is 400 g/mol. The second-order valence-electron chi connectivity index (χ2n) is 10.3. The minimum absolute atomic E-state index is 0.00350. The maximum Gasteiger partial charge on any atom is 0.410 e. The molecule has 2 fully saturated rings. The molecule has 1 spiro atoms. The van der Waals surface area contributed by atoms with Gasteiger partial charge in [0.2, 0.25) is 0 Å². The summed E-state index contributed by atoms with van der Waals surface area (Å²) in [7, 11) is 0. The molecule has 0 aromatic heterocycles. The number of carbonyl (C=O) groups excluding carboxylic acids is 2. The average Bonchev–Trinajstić information content (AvgIpc) is 2.94. The molecule has 0 saturated carbocycles. The molecule has 1 atom stereocenters. The van der Waals surface area contributed by atoms with Crippen molar-refractivity contribution in [2.24, 2.45) is 5.41 Å². The summed E-state index contributed by atoms with van der Waals surface area (Å²) in [6, 6.07) is 21.0. The largest absolute Gasteiger partial charge is 0.444 e. The number of hydrogen-bond acceptors (Lipinski definition) is 4. The van der Waals surface area contributed by atoms with Gasteiger partial charge >= 0.3 is 6.09 Å². The molecule has 0 aliphatic carbocycles. The first kappa shape index (κ1) is 22.5. The molecule has 0 radical (unpaired) electrons. The predicted molar refractivity (Wildman–Crippen MR) is 125 cm³/mol. The van der Waals surface area contributed by atoms with Crippen molar-refractivity contribution in [2.45, 2.75) is 57.7 Å². The number of carbonyl (C=O) groups is 2. The molecule has 1 amide bonds. The van der Waals surface area contributed by atoms with Gasteiger partial charge in [0.15, 0.2) is 0 Å². The molecule has 4 rings (SSSR count). The van der Waals surface area contributed by atoms with Crippen molar-refractivity contribution >= 4 is 12.4 Å². The van der Waals surface area contributed by atoms with Crippen LogP contribution >= 0.6 is 0 Å². The van der Waals surface area contributed by atoms with Crippen molar-refractivity contribution in [2.75, 3.05) is 19.6 Å². The summed E-state index contributed by atoms with van der Waals surface area (Å²) in [4.78, 5) is 28.9. The van der Waals surface area contributed by atoms with E-state index in [2.05, 4.69) is 53.4 Å². The summed E-state index contributed by atoms with van der Waals surface area (Å²) in [5.74, 6) is 0. The first-order valence-electron chi connectivity index (χ1n) is 11.6. The van der Waals surface area contributed by atoms with Crippen molar-refractivity contribution in [3.05, 3.63) is 71.8 Å². The minimum atomic E-state index is -0.582. The van der Waals surface area contributed by atoms with Gasteiger partial charge in [0.1, 0.15) is 11.9 Å². The molecule has 2 aliphatic heterocycles. The van der Waals surface area contributed by atoms with Crippen molar-refractivity contribution in [3.63, 3.8) is 0 Å². The third kappa shape index (κ3) is 4.88. The first-order chi connectivity index (χ1) is 15.3. The fraction of sp³-hybridized carbons (Fsp3) is 0.481. The van der Waals surface area contributed by atoms with Gasteiger partial charge in [0.25, 0.3) is 0 Å². The van der Waals surface area contributed by atoms with Gasteiger partial charge in [-0.15, -0.1) is 0 Å². The van der Waals surface area contributed by atoms with Crippen LogP contribution < -0.4 is 0 Å². The maximum absolute atomic E-state index is 13.0. The molecule has 2 saturated heterocycles. The van der Waals surface area contributed by atoms with Gasteiger partial charge in [-0.05, 0) is 44.7 Å². The topological polar surface area (TPSA) is 49.9 Å². The Morgan fingerprint density at radius 3 is 2.06 bits per heavy atom. The summed E-state index contributed by atoms with van der Waals surface area (Å²) >= 11 is 0. The Morgan fingerprint density at radius 2 is 1.56 bits per heavy atom. The van der Waals surface area contributed by atoms with E-state index in [4.69, 9.17) is 4.74 Å². The lowest BCUT2D eigenvalue weighted by atomic mass is 9.74. The Kier molecular flexibility index (Phi) is 6.38. The molecule has 2 aromatic rings. The molecule has 2 aromatic carbocycles. The Bertz CT molecular complexity index is 877. The predicted octanol–water partition coefficient (Wildman–Crippen LogP) is 5.07. The molecule has 2 aliphatic rings. The Balaban J connectivity index is 1.55. The Labute approximate surface area is 191 Å². The second kappa shape index (κ2) is 9.07. The third-order valence-electron chi connectivity index (χ3n) is 6.57. The lowest BCUT2D eigenvalue weighted by Gasteiger charge is -2.54. The van der Waals surface area contributed by atoms with Crippen LogP contribution in [0.2, 0.25) is 0 Å². The van der Waals surface area contributed by atoms with E-state index < -0.39 is 11.6 Å². The second-order valence-corrected chi connectivity index (χ2v) is 10.3. The highest BCUT2D eigenvalue weighted by Crippen LogP contribution is 2.45. The van der Waals surface area contributed by atoms with Crippen LogP contribution in [0.4, 0.5) is 4.79 Å². The molecule has 2 heterocycles. The summed E-state index contributed by atoms with van der Waals surface area (Å²) in [5, 5.41) is 0. The van der Waals surface area contributed by atoms with Crippen LogP contribution in [0.1, 0.15) is 57.2 Å². The number of likely N-dealkylation sites (tertiary alicyclic amines) is 2. The molecule has 0 bridgehead atoms. The van der Waals surface area contributed by atoms with E-state index in [0.29, 0.717) is 13.0 Å². The van der Waals surface area contributed by atoms with Gasteiger partial charge in [-0.25, -0.2) is 4.79 Å². The fourth-order valence-corrected chi connectivity index (χ4v) is 5.20. The summed E-state index contributed by atoms with van der Waals surface area (Å²) in [6.07, 6.45) is 3.19. The van der Waals surface area contributed by atoms with Gasteiger partial charge in [0, 0.05) is 25.0 Å². The van der Waals surface area contributed by atoms with Gasteiger partial charge in [-0.1, -0.05) is 67.1 Å². The highest BCUT2D eigenvalue weighted by atomic mass is 16.6. The Morgan fingerprint density at radius 1 is 1.00 bits per heavy atom. The third-order valence-corrected chi connectivity index (χ3v) is 6.57. The molecule has 0 N–H and O–H groups in total. The van der Waals surface area contributed by atoms with E-state index in [1.165, 1.54) is 11.1 Å². The van der Waals surface area contributed by atoms with Crippen LogP contribution in [-0.2, 0) is 9.53 Å². The van der Waals surface area contributed by atoms with Crippen LogP contribution in [0.5, 0.6) is 0 Å². The molecule has 5 nitrogen and oxygen atoms in total. The monoisotopic (exact) mass is 434 g/mol. The van der Waals surface area contributed by atoms with Crippen LogP contribution in [-0.4, -0.2) is 53.5 Å². The standard InChI is InChI=1S/C27H34N2O3/c1-26(2,3)32-25(31)29-20-27(16-10-15-23(29)17-30)18-28(19-27)24(21-11-6-4-7-12-21)22-13-8-5-9-14-22/h4-9,11-14,17,23-24H,10,15-16,18-20H2,1-3H3. The minimum Gasteiger partial charge on any atom is -0.444 e. The molecular formula is C27H34N2O3. The smallest absolute Gasteiger partial charge is 0.410 e. The van der Waals surface area contributed by atoms with Crippen molar-refractivity contribution in [1.29, 1.82) is 0 Å². The number of aldehydes is 1. The lowest BCUT2D eigenvalue weighted by molar-refractivity contribution is -0.113. The van der Waals surface area contributed by atoms with Crippen molar-refractivity contribution in [1.82, 2.24) is 9.80 Å². The number of benzene rings is 2. The summed E-state index contributed by atoms with van der Waals surface area (Å²) in [5.41, 5.74) is 1.96. The number of amides is 1. The quantitative estimate of drug-likeness (QED) is 0.631. The van der Waals surface area contributed by atoms with E-state index in [1.807, 2.05) is 32.9 Å². The van der Waals surface area contributed by atoms with E-state index >= 15 is 0 Å². The Hall–Kier alpha value is -2.66. The number of hydrogen-bond donors (Lipinski definition) is 0. The van der Waals surface area contributed by atoms with Crippen molar-refractivity contribution < 1.29 is 14.3 Å². The summed E-state index contributed by atoms with van der Waals surface area (Å²) in [6.45, 7) is 7.95. The molecule has 32 heavy (non-hydrogen) atoms. The van der Waals surface area contributed by atoms with Crippen LogP contribution in [0, 0.1) is 5.41 Å². The number of rotatable bonds is 4. The molecule has 5 heteroatoms. The van der Waals surface area contributed by atoms with Gasteiger partial charge in [-0.2, -0.15) is 0 Å². The van der Waals surface area contributed by atoms with Gasteiger partial charge < -0.3 is 9.53 Å². The van der Waals surface area contributed by atoms with Crippen LogP contribution in [0.15, 0.2) is 60.7 Å². The lowest BCUT2D eigenvalue weighted by Crippen LogP contribution is -2.62. The van der Waals surface area contributed by atoms with E-state index in [0.717, 1.165) is 32.2 Å². The molecule has 1 unspecified atom stereocenters. The SMILES string of the molecule is CC(C)(C)OC(=O)N1CC2(CCCC1C=O)CN(C(c1ccccc1)c1ccccc1)C2. The fourth-order valence-electron chi connectivity index (χ4n) is 5.20. The van der Waals surface area contributed by atoms with Crippen LogP contribution in [0.25, 0.3) is 0 Å². The number of ether oxygens (including phenoxy) is 1. The van der Waals surface area contributed by atoms with Crippen LogP contribution in [0.3, 0.4) is 0 Å². The average molecular weight is 435 g/mol.